The number of rotatable bonds is 3. The molecule has 0 aromatic heterocycles. The normalized spacial score (nSPS) is 31.7. The molecule has 0 N–H and O–H groups in total. The minimum absolute atomic E-state index is 0.380. The van der Waals surface area contributed by atoms with Gasteiger partial charge in [0.1, 0.15) is 0 Å². The molecular weight excluding hydrogens is 372 g/mol. The van der Waals surface area contributed by atoms with Crippen LogP contribution in [0.5, 0.6) is 0 Å². The van der Waals surface area contributed by atoms with Gasteiger partial charge in [-0.2, -0.15) is 0 Å². The van der Waals surface area contributed by atoms with Crippen molar-refractivity contribution in [1.82, 2.24) is 0 Å². The Hall–Kier alpha value is -2.60. The fraction of sp³-hybridized carbons (Fsp3) is 0.355. The molecule has 4 unspecified atom stereocenters. The van der Waals surface area contributed by atoms with Crippen molar-refractivity contribution in [2.45, 2.75) is 52.9 Å². The summed E-state index contributed by atoms with van der Waals surface area (Å²) < 4.78 is 0. The maximum absolute atomic E-state index is 4.76. The van der Waals surface area contributed by atoms with Crippen LogP contribution < -0.4 is 0 Å². The number of benzene rings is 1. The first kappa shape index (κ1) is 20.3. The van der Waals surface area contributed by atoms with Gasteiger partial charge in [0, 0.05) is 11.8 Å². The predicted octanol–water partition coefficient (Wildman–Crippen LogP) is 8.49. The van der Waals surface area contributed by atoms with Gasteiger partial charge in [0.2, 0.25) is 0 Å². The smallest absolute Gasteiger partial charge is 0.0166 e. The van der Waals surface area contributed by atoms with Gasteiger partial charge in [-0.15, -0.1) is 0 Å². The van der Waals surface area contributed by atoms with Gasteiger partial charge in [-0.3, -0.25) is 0 Å². The van der Waals surface area contributed by atoms with Crippen molar-refractivity contribution >= 4 is 5.57 Å². The van der Waals surface area contributed by atoms with Crippen molar-refractivity contribution in [1.29, 1.82) is 0 Å². The summed E-state index contributed by atoms with van der Waals surface area (Å²) in [6, 6.07) is 9.03. The quantitative estimate of drug-likeness (QED) is 0.472. The zero-order chi connectivity index (χ0) is 21.9. The molecular formula is C31H34. The third-order valence-corrected chi connectivity index (χ3v) is 8.29. The highest BCUT2D eigenvalue weighted by molar-refractivity contribution is 5.82. The third kappa shape index (κ3) is 2.95. The monoisotopic (exact) mass is 406 g/mol. The number of hydrogen-bond donors (Lipinski definition) is 0. The zero-order valence-corrected chi connectivity index (χ0v) is 19.5. The highest BCUT2D eigenvalue weighted by Gasteiger charge is 2.44. The molecule has 0 aliphatic heterocycles. The minimum atomic E-state index is 0.380. The molecule has 0 radical (unpaired) electrons. The van der Waals surface area contributed by atoms with Gasteiger partial charge in [0.15, 0.2) is 0 Å². The van der Waals surface area contributed by atoms with E-state index in [9.17, 15) is 0 Å². The van der Waals surface area contributed by atoms with E-state index in [1.807, 2.05) is 0 Å². The topological polar surface area (TPSA) is 0 Å². The van der Waals surface area contributed by atoms with Crippen molar-refractivity contribution < 1.29 is 0 Å². The summed E-state index contributed by atoms with van der Waals surface area (Å²) in [4.78, 5) is 0. The van der Waals surface area contributed by atoms with Gasteiger partial charge < -0.3 is 0 Å². The Morgan fingerprint density at radius 2 is 1.84 bits per heavy atom. The van der Waals surface area contributed by atoms with Crippen LogP contribution in [0.2, 0.25) is 0 Å². The van der Waals surface area contributed by atoms with E-state index in [4.69, 9.17) is 6.58 Å². The second-order valence-corrected chi connectivity index (χ2v) is 9.86. The van der Waals surface area contributed by atoms with Gasteiger partial charge in [-0.25, -0.2) is 0 Å². The molecule has 1 fully saturated rings. The molecule has 0 spiro atoms. The first-order valence-electron chi connectivity index (χ1n) is 11.9. The first-order valence-corrected chi connectivity index (χ1v) is 11.9. The average Bonchev–Trinajstić information content (AvgIpc) is 3.46. The van der Waals surface area contributed by atoms with E-state index < -0.39 is 0 Å². The van der Waals surface area contributed by atoms with Gasteiger partial charge in [0.25, 0.3) is 0 Å². The third-order valence-electron chi connectivity index (χ3n) is 8.29. The first-order chi connectivity index (χ1) is 14.9. The molecule has 0 heterocycles. The second-order valence-electron chi connectivity index (χ2n) is 9.86. The van der Waals surface area contributed by atoms with Crippen LogP contribution in [0, 0.1) is 17.8 Å². The van der Waals surface area contributed by atoms with E-state index in [0.29, 0.717) is 23.7 Å². The summed E-state index contributed by atoms with van der Waals surface area (Å²) in [5, 5.41) is 0. The summed E-state index contributed by atoms with van der Waals surface area (Å²) in [5.74, 6) is 1.87. The molecule has 0 heteroatoms. The highest BCUT2D eigenvalue weighted by atomic mass is 14.5. The van der Waals surface area contributed by atoms with Crippen LogP contribution in [0.1, 0.15) is 64.0 Å². The molecule has 1 aromatic carbocycles. The van der Waals surface area contributed by atoms with Crippen LogP contribution in [-0.2, 0) is 0 Å². The molecule has 4 aliphatic carbocycles. The highest BCUT2D eigenvalue weighted by Crippen LogP contribution is 2.58. The van der Waals surface area contributed by atoms with E-state index in [1.165, 1.54) is 44.6 Å². The van der Waals surface area contributed by atoms with Crippen molar-refractivity contribution in [3.8, 4) is 0 Å². The molecule has 31 heavy (non-hydrogen) atoms. The lowest BCUT2D eigenvalue weighted by Gasteiger charge is -2.35. The predicted molar refractivity (Wildman–Crippen MR) is 134 cm³/mol. The number of hydrogen-bond acceptors (Lipinski definition) is 0. The van der Waals surface area contributed by atoms with E-state index in [0.717, 1.165) is 19.3 Å². The van der Waals surface area contributed by atoms with Crippen LogP contribution in [0.4, 0.5) is 0 Å². The summed E-state index contributed by atoms with van der Waals surface area (Å²) in [5.41, 5.74) is 14.6. The molecule has 1 aromatic rings. The zero-order valence-electron chi connectivity index (χ0n) is 19.5. The summed E-state index contributed by atoms with van der Waals surface area (Å²) in [7, 11) is 0. The Morgan fingerprint density at radius 3 is 2.55 bits per heavy atom. The summed E-state index contributed by atoms with van der Waals surface area (Å²) >= 11 is 0. The van der Waals surface area contributed by atoms with Gasteiger partial charge >= 0.3 is 0 Å². The van der Waals surface area contributed by atoms with Crippen LogP contribution in [0.3, 0.4) is 0 Å². The standard InChI is InChI=1S/C31H34/c1-7-18(2)28-19(3)16-24-17-27(22(6)29(24)31(28)23-12-8-9-13-23)30-21(5)20(4)25-14-10-11-15-26(25)30/h8-12,14-16,20-21,29,31H,2,6-7,13,17H2,1,3-5H3/b30-27-. The lowest BCUT2D eigenvalue weighted by Crippen LogP contribution is -2.24. The summed E-state index contributed by atoms with van der Waals surface area (Å²) in [6.07, 6.45) is 12.4. The van der Waals surface area contributed by atoms with Crippen LogP contribution in [0.15, 0.2) is 101 Å². The van der Waals surface area contributed by atoms with Gasteiger partial charge in [0.05, 0.1) is 0 Å². The molecule has 158 valence electrons. The van der Waals surface area contributed by atoms with Crippen molar-refractivity contribution in [2.24, 2.45) is 17.8 Å². The Labute approximate surface area is 188 Å². The van der Waals surface area contributed by atoms with E-state index in [2.05, 4.69) is 82.8 Å². The Bertz CT molecular complexity index is 1140. The van der Waals surface area contributed by atoms with E-state index in [1.54, 1.807) is 11.1 Å². The fourth-order valence-electron chi connectivity index (χ4n) is 6.56. The molecule has 5 rings (SSSR count). The maximum Gasteiger partial charge on any atom is 0.0166 e. The lowest BCUT2D eigenvalue weighted by atomic mass is 9.68. The van der Waals surface area contributed by atoms with Crippen LogP contribution in [-0.4, -0.2) is 0 Å². The maximum atomic E-state index is 4.76. The largest absolute Gasteiger partial charge is 0.0955 e. The SMILES string of the molecule is C=C(CC)C1=C(C)C=C2C/C(=C3/c4ccccc4C(C)C3C)C(=C)C2C1C1=CC=CC1. The van der Waals surface area contributed by atoms with Crippen molar-refractivity contribution in [3.63, 3.8) is 0 Å². The van der Waals surface area contributed by atoms with Gasteiger partial charge in [-0.05, 0) is 77.0 Å². The molecule has 4 atom stereocenters. The van der Waals surface area contributed by atoms with E-state index >= 15 is 0 Å². The summed E-state index contributed by atoms with van der Waals surface area (Å²) in [6.45, 7) is 18.6. The minimum Gasteiger partial charge on any atom is -0.0955 e. The van der Waals surface area contributed by atoms with Crippen molar-refractivity contribution in [3.05, 3.63) is 112 Å². The average molecular weight is 407 g/mol. The molecule has 0 amide bonds. The Balaban J connectivity index is 1.66. The molecule has 0 bridgehead atoms. The molecule has 0 saturated heterocycles. The van der Waals surface area contributed by atoms with Gasteiger partial charge in [-0.1, -0.05) is 99.2 Å². The van der Waals surface area contributed by atoms with Crippen LogP contribution in [0.25, 0.3) is 5.57 Å². The van der Waals surface area contributed by atoms with E-state index in [-0.39, 0.29) is 0 Å². The molecule has 0 nitrogen and oxygen atoms in total. The fourth-order valence-corrected chi connectivity index (χ4v) is 6.56. The van der Waals surface area contributed by atoms with Crippen LogP contribution >= 0.6 is 0 Å². The Kier molecular flexibility index (Phi) is 4.93. The lowest BCUT2D eigenvalue weighted by molar-refractivity contribution is 0.556. The van der Waals surface area contributed by atoms with Crippen molar-refractivity contribution in [2.75, 3.05) is 0 Å². The molecule has 1 saturated carbocycles. The number of allylic oxidation sites excluding steroid dienone is 12. The second kappa shape index (κ2) is 7.52. The number of fused-ring (bicyclic) bond motifs is 2. The molecule has 4 aliphatic rings. The Morgan fingerprint density at radius 1 is 1.06 bits per heavy atom.